The Kier molecular flexibility index (Phi) is 6.45. The molecule has 0 aliphatic carbocycles. The van der Waals surface area contributed by atoms with E-state index in [4.69, 9.17) is 9.84 Å². The van der Waals surface area contributed by atoms with Crippen LogP contribution in [0, 0.1) is 11.2 Å². The van der Waals surface area contributed by atoms with Crippen molar-refractivity contribution in [2.45, 2.75) is 26.7 Å². The van der Waals surface area contributed by atoms with Crippen LogP contribution in [0.4, 0.5) is 4.39 Å². The molecule has 1 aromatic rings. The Morgan fingerprint density at radius 3 is 2.85 bits per heavy atom. The molecule has 0 unspecified atom stereocenters. The largest absolute Gasteiger partial charge is 0.493 e. The van der Waals surface area contributed by atoms with Crippen molar-refractivity contribution >= 4 is 5.91 Å². The number of rotatable bonds is 8. The minimum Gasteiger partial charge on any atom is -0.493 e. The summed E-state index contributed by atoms with van der Waals surface area (Å²) in [5.74, 6) is -0.0662. The van der Waals surface area contributed by atoms with Gasteiger partial charge in [0.05, 0.1) is 13.0 Å². The molecule has 0 bridgehead atoms. The van der Waals surface area contributed by atoms with Gasteiger partial charge in [0.15, 0.2) is 0 Å². The molecule has 0 radical (unpaired) electrons. The summed E-state index contributed by atoms with van der Waals surface area (Å²) in [5, 5.41) is 11.7. The number of benzene rings is 1. The molecule has 1 aromatic carbocycles. The van der Waals surface area contributed by atoms with Gasteiger partial charge in [-0.2, -0.15) is 0 Å². The number of nitrogens with one attached hydrogen (secondary N) is 1. The topological polar surface area (TPSA) is 58.6 Å². The van der Waals surface area contributed by atoms with Crippen molar-refractivity contribution in [3.05, 3.63) is 30.1 Å². The van der Waals surface area contributed by atoms with Crippen LogP contribution in [0.5, 0.6) is 5.75 Å². The van der Waals surface area contributed by atoms with Crippen molar-refractivity contribution in [2.75, 3.05) is 19.8 Å². The standard InChI is InChI=1S/C15H22FNO3/c1-15(2,7-8-18)11-17-14(19)6-9-20-13-5-3-4-12(16)10-13/h3-5,10,18H,6-9,11H2,1-2H3,(H,17,19). The van der Waals surface area contributed by atoms with Crippen molar-refractivity contribution in [1.82, 2.24) is 5.32 Å². The number of aliphatic hydroxyl groups excluding tert-OH is 1. The molecule has 4 nitrogen and oxygen atoms in total. The summed E-state index contributed by atoms with van der Waals surface area (Å²) in [5.41, 5.74) is -0.131. The van der Waals surface area contributed by atoms with Crippen molar-refractivity contribution in [1.29, 1.82) is 0 Å². The van der Waals surface area contributed by atoms with Crippen LogP contribution in [0.15, 0.2) is 24.3 Å². The lowest BCUT2D eigenvalue weighted by molar-refractivity contribution is -0.122. The monoisotopic (exact) mass is 283 g/mol. The van der Waals surface area contributed by atoms with E-state index >= 15 is 0 Å². The van der Waals surface area contributed by atoms with E-state index in [0.717, 1.165) is 0 Å². The summed E-state index contributed by atoms with van der Waals surface area (Å²) in [6, 6.07) is 5.82. The maximum absolute atomic E-state index is 12.9. The van der Waals surface area contributed by atoms with Crippen LogP contribution in [-0.4, -0.2) is 30.8 Å². The molecule has 1 rings (SSSR count). The first-order chi connectivity index (χ1) is 9.43. The maximum Gasteiger partial charge on any atom is 0.223 e. The molecule has 0 fully saturated rings. The summed E-state index contributed by atoms with van der Waals surface area (Å²) >= 11 is 0. The fraction of sp³-hybridized carbons (Fsp3) is 0.533. The molecule has 0 saturated carbocycles. The van der Waals surface area contributed by atoms with Crippen LogP contribution in [0.1, 0.15) is 26.7 Å². The third-order valence-electron chi connectivity index (χ3n) is 2.95. The first-order valence-corrected chi connectivity index (χ1v) is 6.69. The molecule has 0 aromatic heterocycles. The molecular formula is C15H22FNO3. The van der Waals surface area contributed by atoms with Crippen molar-refractivity contribution < 1.29 is 19.0 Å². The lowest BCUT2D eigenvalue weighted by atomic mass is 9.90. The summed E-state index contributed by atoms with van der Waals surface area (Å²) in [6.45, 7) is 4.77. The van der Waals surface area contributed by atoms with Crippen LogP contribution in [0.3, 0.4) is 0 Å². The first kappa shape index (κ1) is 16.4. The van der Waals surface area contributed by atoms with Crippen LogP contribution < -0.4 is 10.1 Å². The number of amides is 1. The lowest BCUT2D eigenvalue weighted by Gasteiger charge is -2.23. The zero-order valence-electron chi connectivity index (χ0n) is 12.0. The number of aliphatic hydroxyl groups is 1. The second kappa shape index (κ2) is 7.85. The molecule has 0 aliphatic rings. The van der Waals surface area contributed by atoms with Gasteiger partial charge in [0, 0.05) is 19.2 Å². The molecule has 20 heavy (non-hydrogen) atoms. The Labute approximate surface area is 119 Å². The van der Waals surface area contributed by atoms with E-state index in [-0.39, 0.29) is 36.8 Å². The van der Waals surface area contributed by atoms with Gasteiger partial charge in [0.1, 0.15) is 11.6 Å². The predicted molar refractivity (Wildman–Crippen MR) is 75.0 cm³/mol. The minimum absolute atomic E-state index is 0.103. The number of hydrogen-bond acceptors (Lipinski definition) is 3. The Morgan fingerprint density at radius 1 is 1.45 bits per heavy atom. The molecule has 112 valence electrons. The van der Waals surface area contributed by atoms with Gasteiger partial charge < -0.3 is 15.2 Å². The van der Waals surface area contributed by atoms with Crippen molar-refractivity contribution in [2.24, 2.45) is 5.41 Å². The van der Waals surface area contributed by atoms with Gasteiger partial charge in [-0.3, -0.25) is 4.79 Å². The highest BCUT2D eigenvalue weighted by molar-refractivity contribution is 5.76. The van der Waals surface area contributed by atoms with Crippen LogP contribution in [0.25, 0.3) is 0 Å². The SMILES string of the molecule is CC(C)(CCO)CNC(=O)CCOc1cccc(F)c1. The number of halogens is 1. The van der Waals surface area contributed by atoms with Crippen LogP contribution >= 0.6 is 0 Å². The summed E-state index contributed by atoms with van der Waals surface area (Å²) in [4.78, 5) is 11.6. The molecule has 0 heterocycles. The summed E-state index contributed by atoms with van der Waals surface area (Å²) in [6.07, 6.45) is 0.846. The number of ether oxygens (including phenoxy) is 1. The number of carbonyl (C=O) groups excluding carboxylic acids is 1. The van der Waals surface area contributed by atoms with E-state index in [1.54, 1.807) is 12.1 Å². The third-order valence-corrected chi connectivity index (χ3v) is 2.95. The molecule has 0 spiro atoms. The van der Waals surface area contributed by atoms with Gasteiger partial charge >= 0.3 is 0 Å². The predicted octanol–water partition coefficient (Wildman–Crippen LogP) is 2.12. The molecule has 0 atom stereocenters. The van der Waals surface area contributed by atoms with E-state index in [0.29, 0.717) is 18.7 Å². The molecular weight excluding hydrogens is 261 g/mol. The van der Waals surface area contributed by atoms with E-state index in [1.807, 2.05) is 13.8 Å². The van der Waals surface area contributed by atoms with Gasteiger partial charge in [0.2, 0.25) is 5.91 Å². The Bertz CT molecular complexity index is 435. The van der Waals surface area contributed by atoms with E-state index in [2.05, 4.69) is 5.32 Å². The number of hydrogen-bond donors (Lipinski definition) is 2. The minimum atomic E-state index is -0.363. The van der Waals surface area contributed by atoms with Gasteiger partial charge in [0.25, 0.3) is 0 Å². The average molecular weight is 283 g/mol. The average Bonchev–Trinajstić information content (AvgIpc) is 2.37. The zero-order valence-corrected chi connectivity index (χ0v) is 12.0. The fourth-order valence-corrected chi connectivity index (χ4v) is 1.64. The van der Waals surface area contributed by atoms with Gasteiger partial charge in [-0.25, -0.2) is 4.39 Å². The smallest absolute Gasteiger partial charge is 0.223 e. The van der Waals surface area contributed by atoms with Crippen LogP contribution in [0.2, 0.25) is 0 Å². The van der Waals surface area contributed by atoms with Crippen molar-refractivity contribution in [3.8, 4) is 5.75 Å². The molecule has 0 saturated heterocycles. The van der Waals surface area contributed by atoms with E-state index in [1.165, 1.54) is 12.1 Å². The molecule has 2 N–H and O–H groups in total. The van der Waals surface area contributed by atoms with Crippen LogP contribution in [-0.2, 0) is 4.79 Å². The normalized spacial score (nSPS) is 11.2. The molecule has 1 amide bonds. The zero-order chi connectivity index (χ0) is 15.0. The quantitative estimate of drug-likeness (QED) is 0.768. The Hall–Kier alpha value is -1.62. The Morgan fingerprint density at radius 2 is 2.20 bits per heavy atom. The second-order valence-corrected chi connectivity index (χ2v) is 5.47. The van der Waals surface area contributed by atoms with Gasteiger partial charge in [-0.15, -0.1) is 0 Å². The van der Waals surface area contributed by atoms with Gasteiger partial charge in [-0.05, 0) is 24.0 Å². The van der Waals surface area contributed by atoms with Gasteiger partial charge in [-0.1, -0.05) is 19.9 Å². The second-order valence-electron chi connectivity index (χ2n) is 5.47. The molecule has 0 aliphatic heterocycles. The fourth-order valence-electron chi connectivity index (χ4n) is 1.64. The lowest BCUT2D eigenvalue weighted by Crippen LogP contribution is -2.35. The molecule has 5 heteroatoms. The number of carbonyl (C=O) groups is 1. The Balaban J connectivity index is 2.23. The maximum atomic E-state index is 12.9. The summed E-state index contributed by atoms with van der Waals surface area (Å²) in [7, 11) is 0. The summed E-state index contributed by atoms with van der Waals surface area (Å²) < 4.78 is 18.2. The first-order valence-electron chi connectivity index (χ1n) is 6.69. The highest BCUT2D eigenvalue weighted by Gasteiger charge is 2.17. The van der Waals surface area contributed by atoms with E-state index < -0.39 is 0 Å². The van der Waals surface area contributed by atoms with Crippen molar-refractivity contribution in [3.63, 3.8) is 0 Å². The third kappa shape index (κ3) is 6.52. The highest BCUT2D eigenvalue weighted by atomic mass is 19.1. The van der Waals surface area contributed by atoms with E-state index in [9.17, 15) is 9.18 Å². The highest BCUT2D eigenvalue weighted by Crippen LogP contribution is 2.18.